The summed E-state index contributed by atoms with van der Waals surface area (Å²) in [6.07, 6.45) is 0. The lowest BCUT2D eigenvalue weighted by molar-refractivity contribution is 0.893. The molecule has 0 spiro atoms. The number of aryl methyl sites for hydroxylation is 1. The van der Waals surface area contributed by atoms with Gasteiger partial charge in [-0.3, -0.25) is 4.98 Å². The Hall–Kier alpha value is -1.23. The molecule has 2 aromatic heterocycles. The van der Waals surface area contributed by atoms with E-state index in [4.69, 9.17) is 5.73 Å². The Balaban J connectivity index is 2.22. The first-order valence-corrected chi connectivity index (χ1v) is 7.69. The van der Waals surface area contributed by atoms with Gasteiger partial charge in [0.05, 0.1) is 11.6 Å². The number of fused-ring (bicyclic) bond motifs is 1. The van der Waals surface area contributed by atoms with Crippen molar-refractivity contribution in [3.05, 3.63) is 62.4 Å². The predicted molar refractivity (Wildman–Crippen MR) is 84.5 cm³/mol. The molecule has 0 fully saturated rings. The number of benzene rings is 1. The summed E-state index contributed by atoms with van der Waals surface area (Å²) < 4.78 is 1.07. The summed E-state index contributed by atoms with van der Waals surface area (Å²) in [5.41, 5.74) is 9.58. The number of hydrogen-bond acceptors (Lipinski definition) is 3. The zero-order valence-corrected chi connectivity index (χ0v) is 12.8. The fourth-order valence-corrected chi connectivity index (χ4v) is 3.91. The highest BCUT2D eigenvalue weighted by Crippen LogP contribution is 2.34. The second-order valence-electron chi connectivity index (χ2n) is 4.48. The third-order valence-corrected chi connectivity index (χ3v) is 5.09. The second kappa shape index (κ2) is 5.04. The summed E-state index contributed by atoms with van der Waals surface area (Å²) in [5, 5.41) is 3.18. The Bertz CT molecular complexity index is 736. The molecule has 2 heterocycles. The molecule has 1 unspecified atom stereocenters. The van der Waals surface area contributed by atoms with Crippen molar-refractivity contribution in [2.45, 2.75) is 13.0 Å². The monoisotopic (exact) mass is 332 g/mol. The van der Waals surface area contributed by atoms with Crippen LogP contribution in [0.25, 0.3) is 10.9 Å². The molecule has 0 aliphatic rings. The van der Waals surface area contributed by atoms with Crippen molar-refractivity contribution in [1.29, 1.82) is 0 Å². The van der Waals surface area contributed by atoms with Gasteiger partial charge >= 0.3 is 0 Å². The maximum Gasteiger partial charge on any atom is 0.0708 e. The number of aromatic nitrogens is 1. The molecule has 4 heteroatoms. The predicted octanol–water partition coefficient (Wildman–Crippen LogP) is 4.42. The van der Waals surface area contributed by atoms with E-state index in [-0.39, 0.29) is 6.04 Å². The largest absolute Gasteiger partial charge is 0.320 e. The van der Waals surface area contributed by atoms with Gasteiger partial charge in [0.15, 0.2) is 0 Å². The van der Waals surface area contributed by atoms with Crippen molar-refractivity contribution in [1.82, 2.24) is 4.98 Å². The number of rotatable bonds is 2. The molecule has 1 atom stereocenters. The minimum absolute atomic E-state index is 0.124. The highest BCUT2D eigenvalue weighted by atomic mass is 79.9. The zero-order chi connectivity index (χ0) is 13.4. The molecule has 19 heavy (non-hydrogen) atoms. The minimum atomic E-state index is -0.124. The molecule has 0 aliphatic heterocycles. The van der Waals surface area contributed by atoms with Crippen LogP contribution in [0.5, 0.6) is 0 Å². The normalized spacial score (nSPS) is 12.8. The number of para-hydroxylation sites is 1. The summed E-state index contributed by atoms with van der Waals surface area (Å²) in [4.78, 5) is 5.71. The average molecular weight is 333 g/mol. The molecule has 2 N–H and O–H groups in total. The number of pyridine rings is 1. The molecule has 3 aromatic rings. The van der Waals surface area contributed by atoms with Crippen molar-refractivity contribution in [2.24, 2.45) is 5.73 Å². The molecule has 3 rings (SSSR count). The topological polar surface area (TPSA) is 38.9 Å². The summed E-state index contributed by atoms with van der Waals surface area (Å²) in [6.45, 7) is 2.01. The Morgan fingerprint density at radius 1 is 1.26 bits per heavy atom. The van der Waals surface area contributed by atoms with Crippen LogP contribution in [0.1, 0.15) is 22.2 Å². The molecule has 0 amide bonds. The van der Waals surface area contributed by atoms with Gasteiger partial charge in [0.2, 0.25) is 0 Å². The number of thiophene rings is 1. The molecule has 0 aliphatic carbocycles. The van der Waals surface area contributed by atoms with Crippen LogP contribution in [-0.2, 0) is 0 Å². The van der Waals surface area contributed by atoms with Gasteiger partial charge in [0.1, 0.15) is 0 Å². The molecule has 0 saturated heterocycles. The van der Waals surface area contributed by atoms with Gasteiger partial charge < -0.3 is 5.73 Å². The van der Waals surface area contributed by atoms with Gasteiger partial charge in [0, 0.05) is 20.4 Å². The van der Waals surface area contributed by atoms with E-state index < -0.39 is 0 Å². The van der Waals surface area contributed by atoms with Crippen molar-refractivity contribution in [3.63, 3.8) is 0 Å². The van der Waals surface area contributed by atoms with Crippen molar-refractivity contribution in [2.75, 3.05) is 0 Å². The number of hydrogen-bond donors (Lipinski definition) is 1. The van der Waals surface area contributed by atoms with Crippen molar-refractivity contribution < 1.29 is 0 Å². The molecule has 1 aromatic carbocycles. The smallest absolute Gasteiger partial charge is 0.0708 e. The standard InChI is InChI=1S/C15H13BrN2S/c1-9-8-11(10-4-2-3-5-13(10)18-9)14(17)15-12(16)6-7-19-15/h2-8,14H,17H2,1H3. The van der Waals surface area contributed by atoms with E-state index in [2.05, 4.69) is 38.4 Å². The molecule has 0 saturated carbocycles. The summed E-state index contributed by atoms with van der Waals surface area (Å²) in [7, 11) is 0. The third kappa shape index (κ3) is 2.31. The fourth-order valence-electron chi connectivity index (χ4n) is 2.27. The first-order chi connectivity index (χ1) is 9.16. The molecule has 0 radical (unpaired) electrons. The Kier molecular flexibility index (Phi) is 3.39. The summed E-state index contributed by atoms with van der Waals surface area (Å²) in [6, 6.07) is 12.1. The first-order valence-electron chi connectivity index (χ1n) is 6.01. The zero-order valence-electron chi connectivity index (χ0n) is 10.4. The van der Waals surface area contributed by atoms with Gasteiger partial charge in [-0.2, -0.15) is 0 Å². The number of halogens is 1. The summed E-state index contributed by atoms with van der Waals surface area (Å²) >= 11 is 5.24. The molecule has 96 valence electrons. The lowest BCUT2D eigenvalue weighted by atomic mass is 10.0. The molecule has 0 bridgehead atoms. The lowest BCUT2D eigenvalue weighted by Crippen LogP contribution is -2.12. The molecular formula is C15H13BrN2S. The van der Waals surface area contributed by atoms with Gasteiger partial charge in [0.25, 0.3) is 0 Å². The van der Waals surface area contributed by atoms with Crippen LogP contribution < -0.4 is 5.73 Å². The molecular weight excluding hydrogens is 320 g/mol. The van der Waals surface area contributed by atoms with Gasteiger partial charge in [-0.1, -0.05) is 18.2 Å². The average Bonchev–Trinajstić information content (AvgIpc) is 2.83. The van der Waals surface area contributed by atoms with Crippen LogP contribution in [0.3, 0.4) is 0 Å². The van der Waals surface area contributed by atoms with E-state index in [9.17, 15) is 0 Å². The van der Waals surface area contributed by atoms with E-state index in [0.29, 0.717) is 0 Å². The quantitative estimate of drug-likeness (QED) is 0.754. The Labute approximate surface area is 124 Å². The van der Waals surface area contributed by atoms with E-state index in [1.165, 1.54) is 0 Å². The van der Waals surface area contributed by atoms with Crippen LogP contribution in [0.2, 0.25) is 0 Å². The SMILES string of the molecule is Cc1cc(C(N)c2sccc2Br)c2ccccc2n1. The highest BCUT2D eigenvalue weighted by Gasteiger charge is 2.17. The van der Waals surface area contributed by atoms with Crippen LogP contribution in [0.4, 0.5) is 0 Å². The van der Waals surface area contributed by atoms with Gasteiger partial charge in [-0.15, -0.1) is 11.3 Å². The maximum absolute atomic E-state index is 6.45. The fraction of sp³-hybridized carbons (Fsp3) is 0.133. The maximum atomic E-state index is 6.45. The van der Waals surface area contributed by atoms with E-state index in [1.807, 2.05) is 31.2 Å². The van der Waals surface area contributed by atoms with Crippen LogP contribution in [-0.4, -0.2) is 4.98 Å². The number of nitrogens with two attached hydrogens (primary N) is 1. The van der Waals surface area contributed by atoms with Crippen LogP contribution in [0, 0.1) is 6.92 Å². The minimum Gasteiger partial charge on any atom is -0.320 e. The summed E-state index contributed by atoms with van der Waals surface area (Å²) in [5.74, 6) is 0. The lowest BCUT2D eigenvalue weighted by Gasteiger charge is -2.14. The molecule has 2 nitrogen and oxygen atoms in total. The number of nitrogens with zero attached hydrogens (tertiary/aromatic N) is 1. The van der Waals surface area contributed by atoms with E-state index >= 15 is 0 Å². The highest BCUT2D eigenvalue weighted by molar-refractivity contribution is 9.10. The van der Waals surface area contributed by atoms with Crippen LogP contribution >= 0.6 is 27.3 Å². The Morgan fingerprint density at radius 2 is 2.05 bits per heavy atom. The van der Waals surface area contributed by atoms with E-state index in [1.54, 1.807) is 11.3 Å². The first kappa shape index (κ1) is 12.8. The van der Waals surface area contributed by atoms with Crippen LogP contribution in [0.15, 0.2) is 46.3 Å². The Morgan fingerprint density at radius 3 is 2.79 bits per heavy atom. The van der Waals surface area contributed by atoms with Gasteiger partial charge in [-0.25, -0.2) is 0 Å². The van der Waals surface area contributed by atoms with Crippen molar-refractivity contribution >= 4 is 38.2 Å². The van der Waals surface area contributed by atoms with Crippen molar-refractivity contribution in [3.8, 4) is 0 Å². The van der Waals surface area contributed by atoms with Gasteiger partial charge in [-0.05, 0) is 52.0 Å². The second-order valence-corrected chi connectivity index (χ2v) is 6.28. The van der Waals surface area contributed by atoms with E-state index in [0.717, 1.165) is 31.5 Å². The third-order valence-electron chi connectivity index (χ3n) is 3.14.